The fourth-order valence-corrected chi connectivity index (χ4v) is 4.19. The van der Waals surface area contributed by atoms with Crippen LogP contribution in [0.3, 0.4) is 0 Å². The maximum Gasteiger partial charge on any atom is 0.224 e. The molecule has 1 aromatic rings. The third-order valence-electron chi connectivity index (χ3n) is 5.09. The number of benzene rings is 1. The van der Waals surface area contributed by atoms with Crippen LogP contribution >= 0.6 is 15.9 Å². The van der Waals surface area contributed by atoms with E-state index in [9.17, 15) is 4.79 Å². The Morgan fingerprint density at radius 1 is 1.35 bits per heavy atom. The molecular weight excluding hydrogens is 396 g/mol. The highest BCUT2D eigenvalue weighted by Crippen LogP contribution is 2.36. The molecule has 1 N–H and O–H groups in total. The predicted molar refractivity (Wildman–Crippen MR) is 106 cm³/mol. The summed E-state index contributed by atoms with van der Waals surface area (Å²) in [4.78, 5) is 14.9. The fourth-order valence-electron chi connectivity index (χ4n) is 3.75. The van der Waals surface area contributed by atoms with Crippen LogP contribution in [0.2, 0.25) is 0 Å². The third kappa shape index (κ3) is 4.92. The highest BCUT2D eigenvalue weighted by Gasteiger charge is 2.27. The van der Waals surface area contributed by atoms with E-state index in [0.29, 0.717) is 13.2 Å². The van der Waals surface area contributed by atoms with Crippen molar-refractivity contribution in [3.63, 3.8) is 0 Å². The number of nitrogens with zero attached hydrogens (tertiary/aromatic N) is 1. The summed E-state index contributed by atoms with van der Waals surface area (Å²) in [5.74, 6) is 1.90. The maximum atomic E-state index is 12.6. The lowest BCUT2D eigenvalue weighted by Crippen LogP contribution is -2.45. The van der Waals surface area contributed by atoms with Crippen molar-refractivity contribution in [3.05, 3.63) is 22.2 Å². The van der Waals surface area contributed by atoms with Crippen LogP contribution in [0.1, 0.15) is 45.1 Å². The summed E-state index contributed by atoms with van der Waals surface area (Å²) in [5, 5.41) is 3.18. The summed E-state index contributed by atoms with van der Waals surface area (Å²) in [6.07, 6.45) is 4.16. The number of ether oxygens (including phenoxy) is 2. The number of nitrogens with one attached hydrogen (secondary N) is 1. The smallest absolute Gasteiger partial charge is 0.224 e. The molecule has 2 heterocycles. The Hall–Kier alpha value is -1.27. The molecule has 2 aliphatic heterocycles. The van der Waals surface area contributed by atoms with Gasteiger partial charge in [-0.25, -0.2) is 0 Å². The fraction of sp³-hybridized carbons (Fsp3) is 0.650. The maximum absolute atomic E-state index is 12.6. The Balaban J connectivity index is 1.61. The Morgan fingerprint density at radius 2 is 2.08 bits per heavy atom. The second-order valence-electron chi connectivity index (χ2n) is 7.36. The van der Waals surface area contributed by atoms with Crippen molar-refractivity contribution in [1.82, 2.24) is 10.2 Å². The van der Waals surface area contributed by atoms with Gasteiger partial charge in [-0.2, -0.15) is 0 Å². The number of hydrogen-bond acceptors (Lipinski definition) is 4. The lowest BCUT2D eigenvalue weighted by Gasteiger charge is -2.33. The first-order valence-electron chi connectivity index (χ1n) is 9.67. The van der Waals surface area contributed by atoms with Crippen LogP contribution in [0.25, 0.3) is 0 Å². The SMILES string of the molecule is CCC[C@H](C)NC(=O)[C@@H]1CCCN(Cc2cc3c(cc2Br)OCCO3)C1. The van der Waals surface area contributed by atoms with Crippen molar-refractivity contribution in [2.45, 2.75) is 52.1 Å². The average molecular weight is 425 g/mol. The summed E-state index contributed by atoms with van der Waals surface area (Å²) in [5.41, 5.74) is 1.18. The van der Waals surface area contributed by atoms with Crippen LogP contribution in [-0.4, -0.2) is 43.2 Å². The second-order valence-corrected chi connectivity index (χ2v) is 8.21. The predicted octanol–water partition coefficient (Wildman–Crippen LogP) is 3.74. The van der Waals surface area contributed by atoms with E-state index >= 15 is 0 Å². The molecule has 0 saturated carbocycles. The third-order valence-corrected chi connectivity index (χ3v) is 5.83. The van der Waals surface area contributed by atoms with E-state index in [4.69, 9.17) is 9.47 Å². The summed E-state index contributed by atoms with van der Waals surface area (Å²) in [6.45, 7) is 8.07. The van der Waals surface area contributed by atoms with Gasteiger partial charge >= 0.3 is 0 Å². The summed E-state index contributed by atoms with van der Waals surface area (Å²) >= 11 is 3.65. The van der Waals surface area contributed by atoms with Gasteiger partial charge in [0.1, 0.15) is 13.2 Å². The van der Waals surface area contributed by atoms with Gasteiger partial charge in [0.2, 0.25) is 5.91 Å². The molecule has 0 unspecified atom stereocenters. The lowest BCUT2D eigenvalue weighted by molar-refractivity contribution is -0.127. The van der Waals surface area contributed by atoms with Crippen LogP contribution in [0.4, 0.5) is 0 Å². The number of likely N-dealkylation sites (tertiary alicyclic amines) is 1. The average Bonchev–Trinajstić information content (AvgIpc) is 2.63. The number of piperidine rings is 1. The van der Waals surface area contributed by atoms with Crippen molar-refractivity contribution in [2.75, 3.05) is 26.3 Å². The van der Waals surface area contributed by atoms with Crippen LogP contribution < -0.4 is 14.8 Å². The van der Waals surface area contributed by atoms with Crippen LogP contribution in [0, 0.1) is 5.92 Å². The van der Waals surface area contributed by atoms with Crippen molar-refractivity contribution < 1.29 is 14.3 Å². The number of rotatable bonds is 6. The highest BCUT2D eigenvalue weighted by molar-refractivity contribution is 9.10. The van der Waals surface area contributed by atoms with Gasteiger partial charge in [-0.3, -0.25) is 9.69 Å². The molecule has 1 aromatic carbocycles. The van der Waals surface area contributed by atoms with Crippen LogP contribution in [0.5, 0.6) is 11.5 Å². The molecule has 2 aliphatic rings. The molecule has 2 atom stereocenters. The number of amides is 1. The zero-order valence-electron chi connectivity index (χ0n) is 15.7. The minimum absolute atomic E-state index is 0.0824. The first-order chi connectivity index (χ1) is 12.6. The van der Waals surface area contributed by atoms with Crippen LogP contribution in [0.15, 0.2) is 16.6 Å². The van der Waals surface area contributed by atoms with Crippen molar-refractivity contribution >= 4 is 21.8 Å². The van der Waals surface area contributed by atoms with Gasteiger partial charge < -0.3 is 14.8 Å². The molecule has 1 saturated heterocycles. The largest absolute Gasteiger partial charge is 0.486 e. The number of hydrogen-bond donors (Lipinski definition) is 1. The molecular formula is C20H29BrN2O3. The molecule has 1 fully saturated rings. The minimum atomic E-state index is 0.0824. The summed E-state index contributed by atoms with van der Waals surface area (Å²) in [7, 11) is 0. The zero-order valence-corrected chi connectivity index (χ0v) is 17.3. The summed E-state index contributed by atoms with van der Waals surface area (Å²) < 4.78 is 12.4. The molecule has 0 spiro atoms. The number of fused-ring (bicyclic) bond motifs is 1. The van der Waals surface area contributed by atoms with Gasteiger partial charge in [-0.15, -0.1) is 0 Å². The standard InChI is InChI=1S/C20H29BrN2O3/c1-3-5-14(2)22-20(24)15-6-4-7-23(12-15)13-16-10-18-19(11-17(16)21)26-9-8-25-18/h10-11,14-15H,3-9,12-13H2,1-2H3,(H,22,24)/t14-,15+/m0/s1. The Kier molecular flexibility index (Phi) is 6.81. The number of halogens is 1. The first kappa shape index (κ1) is 19.5. The van der Waals surface area contributed by atoms with Crippen molar-refractivity contribution in [3.8, 4) is 11.5 Å². The summed E-state index contributed by atoms with van der Waals surface area (Å²) in [6, 6.07) is 4.31. The Labute approximate surface area is 164 Å². The molecule has 0 bridgehead atoms. The second kappa shape index (κ2) is 9.09. The van der Waals surface area contributed by atoms with Gasteiger partial charge in [0.15, 0.2) is 11.5 Å². The van der Waals surface area contributed by atoms with E-state index in [1.165, 1.54) is 5.56 Å². The molecule has 0 radical (unpaired) electrons. The lowest BCUT2D eigenvalue weighted by atomic mass is 9.96. The molecule has 144 valence electrons. The Bertz CT molecular complexity index is 638. The molecule has 5 nitrogen and oxygen atoms in total. The minimum Gasteiger partial charge on any atom is -0.486 e. The molecule has 3 rings (SSSR count). The van der Waals surface area contributed by atoms with E-state index in [2.05, 4.69) is 46.1 Å². The molecule has 0 aromatic heterocycles. The van der Waals surface area contributed by atoms with Gasteiger partial charge in [-0.1, -0.05) is 29.3 Å². The van der Waals surface area contributed by atoms with Crippen molar-refractivity contribution in [1.29, 1.82) is 0 Å². The van der Waals surface area contributed by atoms with E-state index < -0.39 is 0 Å². The van der Waals surface area contributed by atoms with E-state index in [0.717, 1.165) is 61.3 Å². The molecule has 26 heavy (non-hydrogen) atoms. The van der Waals surface area contributed by atoms with E-state index in [1.807, 2.05) is 6.07 Å². The first-order valence-corrected chi connectivity index (χ1v) is 10.5. The molecule has 6 heteroatoms. The van der Waals surface area contributed by atoms with Gasteiger partial charge in [-0.05, 0) is 50.4 Å². The van der Waals surface area contributed by atoms with Gasteiger partial charge in [0.25, 0.3) is 0 Å². The van der Waals surface area contributed by atoms with Gasteiger partial charge in [0.05, 0.1) is 5.92 Å². The quantitative estimate of drug-likeness (QED) is 0.755. The normalized spacial score (nSPS) is 21.3. The Morgan fingerprint density at radius 3 is 2.81 bits per heavy atom. The van der Waals surface area contributed by atoms with Gasteiger partial charge in [0, 0.05) is 23.6 Å². The van der Waals surface area contributed by atoms with Crippen molar-refractivity contribution in [2.24, 2.45) is 5.92 Å². The number of carbonyl (C=O) groups excluding carboxylic acids is 1. The van der Waals surface area contributed by atoms with E-state index in [1.54, 1.807) is 0 Å². The topological polar surface area (TPSA) is 50.8 Å². The van der Waals surface area contributed by atoms with Crippen LogP contribution in [-0.2, 0) is 11.3 Å². The number of carbonyl (C=O) groups is 1. The molecule has 0 aliphatic carbocycles. The highest BCUT2D eigenvalue weighted by atomic mass is 79.9. The monoisotopic (exact) mass is 424 g/mol. The zero-order chi connectivity index (χ0) is 18.5. The van der Waals surface area contributed by atoms with E-state index in [-0.39, 0.29) is 17.9 Å². The molecule has 1 amide bonds.